The van der Waals surface area contributed by atoms with E-state index in [9.17, 15) is 0 Å². The zero-order valence-electron chi connectivity index (χ0n) is 12.1. The summed E-state index contributed by atoms with van der Waals surface area (Å²) in [7, 11) is 0. The van der Waals surface area contributed by atoms with Gasteiger partial charge in [-0.1, -0.05) is 13.8 Å². The lowest BCUT2D eigenvalue weighted by atomic mass is 9.96. The average molecular weight is 261 g/mol. The standard InChI is InChI=1S/C14H23N5/c1-10(2)14-12(9-18-6-4-15-5-7-18)8-13-17-16-11(3)19(13)14/h8,10,14-15H,4-7,9H2,1-3H3. The van der Waals surface area contributed by atoms with Gasteiger partial charge in [-0.05, 0) is 24.5 Å². The summed E-state index contributed by atoms with van der Waals surface area (Å²) in [4.78, 5) is 2.53. The zero-order valence-corrected chi connectivity index (χ0v) is 12.1. The van der Waals surface area contributed by atoms with Crippen LogP contribution in [-0.2, 0) is 0 Å². The lowest BCUT2D eigenvalue weighted by molar-refractivity contribution is 0.249. The molecule has 104 valence electrons. The van der Waals surface area contributed by atoms with E-state index in [4.69, 9.17) is 0 Å². The molecular weight excluding hydrogens is 238 g/mol. The Bertz CT molecular complexity index is 482. The first-order valence-corrected chi connectivity index (χ1v) is 7.22. The van der Waals surface area contributed by atoms with Crippen LogP contribution in [0.5, 0.6) is 0 Å². The molecule has 0 spiro atoms. The van der Waals surface area contributed by atoms with Crippen molar-refractivity contribution in [2.24, 2.45) is 5.92 Å². The molecule has 2 aliphatic rings. The molecule has 1 aromatic heterocycles. The normalized spacial score (nSPS) is 23.8. The Balaban J connectivity index is 1.81. The van der Waals surface area contributed by atoms with Gasteiger partial charge in [0.2, 0.25) is 0 Å². The van der Waals surface area contributed by atoms with Crippen molar-refractivity contribution in [2.45, 2.75) is 26.8 Å². The molecule has 0 saturated carbocycles. The van der Waals surface area contributed by atoms with E-state index in [2.05, 4.69) is 44.9 Å². The monoisotopic (exact) mass is 261 g/mol. The first-order valence-electron chi connectivity index (χ1n) is 7.22. The van der Waals surface area contributed by atoms with Gasteiger partial charge < -0.3 is 9.88 Å². The molecule has 19 heavy (non-hydrogen) atoms. The Morgan fingerprint density at radius 3 is 2.74 bits per heavy atom. The van der Waals surface area contributed by atoms with Crippen LogP contribution < -0.4 is 5.32 Å². The Kier molecular flexibility index (Phi) is 3.41. The van der Waals surface area contributed by atoms with Gasteiger partial charge >= 0.3 is 0 Å². The van der Waals surface area contributed by atoms with Gasteiger partial charge in [-0.25, -0.2) is 0 Å². The number of nitrogens with one attached hydrogen (secondary N) is 1. The number of aromatic nitrogens is 3. The molecule has 1 saturated heterocycles. The molecule has 0 bridgehead atoms. The number of nitrogens with zero attached hydrogens (tertiary/aromatic N) is 4. The fourth-order valence-electron chi connectivity index (χ4n) is 3.24. The van der Waals surface area contributed by atoms with E-state index in [0.29, 0.717) is 12.0 Å². The third kappa shape index (κ3) is 2.32. The van der Waals surface area contributed by atoms with Gasteiger partial charge in [-0.2, -0.15) is 0 Å². The minimum Gasteiger partial charge on any atom is -0.314 e. The maximum absolute atomic E-state index is 4.28. The Hall–Kier alpha value is -1.20. The summed E-state index contributed by atoms with van der Waals surface area (Å²) in [6.45, 7) is 12.2. The minimum absolute atomic E-state index is 0.430. The van der Waals surface area contributed by atoms with Crippen LogP contribution >= 0.6 is 0 Å². The van der Waals surface area contributed by atoms with Crippen molar-refractivity contribution >= 4 is 6.08 Å². The van der Waals surface area contributed by atoms with Crippen LogP contribution in [0.1, 0.15) is 31.5 Å². The fourth-order valence-corrected chi connectivity index (χ4v) is 3.24. The second kappa shape index (κ2) is 5.06. The molecule has 0 aliphatic carbocycles. The fraction of sp³-hybridized carbons (Fsp3) is 0.714. The molecule has 1 atom stereocenters. The van der Waals surface area contributed by atoms with Gasteiger partial charge in [-0.15, -0.1) is 10.2 Å². The molecule has 0 radical (unpaired) electrons. The van der Waals surface area contributed by atoms with Crippen molar-refractivity contribution in [3.63, 3.8) is 0 Å². The highest BCUT2D eigenvalue weighted by Gasteiger charge is 2.31. The topological polar surface area (TPSA) is 46.0 Å². The number of aryl methyl sites for hydroxylation is 1. The highest BCUT2D eigenvalue weighted by Crippen LogP contribution is 2.35. The molecule has 1 N–H and O–H groups in total. The van der Waals surface area contributed by atoms with E-state index in [-0.39, 0.29) is 0 Å². The molecule has 0 amide bonds. The highest BCUT2D eigenvalue weighted by molar-refractivity contribution is 5.53. The largest absolute Gasteiger partial charge is 0.314 e. The van der Waals surface area contributed by atoms with Crippen molar-refractivity contribution in [2.75, 3.05) is 32.7 Å². The predicted octanol–water partition coefficient (Wildman–Crippen LogP) is 1.09. The second-order valence-electron chi connectivity index (χ2n) is 5.91. The summed E-state index contributed by atoms with van der Waals surface area (Å²) in [6, 6.07) is 0.430. The van der Waals surface area contributed by atoms with Crippen LogP contribution in [0.15, 0.2) is 5.57 Å². The molecule has 1 aromatic rings. The number of hydrogen-bond donors (Lipinski definition) is 1. The van der Waals surface area contributed by atoms with Gasteiger partial charge in [0.25, 0.3) is 0 Å². The lowest BCUT2D eigenvalue weighted by Gasteiger charge is -2.30. The lowest BCUT2D eigenvalue weighted by Crippen LogP contribution is -2.44. The summed E-state index contributed by atoms with van der Waals surface area (Å²) >= 11 is 0. The zero-order chi connectivity index (χ0) is 13.4. The molecule has 5 heteroatoms. The summed E-state index contributed by atoms with van der Waals surface area (Å²) in [6.07, 6.45) is 2.24. The number of fused-ring (bicyclic) bond motifs is 1. The number of piperazine rings is 1. The Labute approximate surface area is 114 Å². The van der Waals surface area contributed by atoms with Crippen molar-refractivity contribution in [1.82, 2.24) is 25.0 Å². The molecular formula is C14H23N5. The van der Waals surface area contributed by atoms with Crippen LogP contribution in [0.25, 0.3) is 6.08 Å². The molecule has 1 unspecified atom stereocenters. The first kappa shape index (κ1) is 12.8. The summed E-state index contributed by atoms with van der Waals surface area (Å²) in [5, 5.41) is 11.9. The van der Waals surface area contributed by atoms with Gasteiger partial charge in [0.15, 0.2) is 5.82 Å². The molecule has 1 fully saturated rings. The average Bonchev–Trinajstić information content (AvgIpc) is 2.91. The van der Waals surface area contributed by atoms with Gasteiger partial charge in [-0.3, -0.25) is 4.90 Å². The third-order valence-corrected chi connectivity index (χ3v) is 4.11. The summed E-state index contributed by atoms with van der Waals surface area (Å²) in [5.41, 5.74) is 1.49. The van der Waals surface area contributed by atoms with Gasteiger partial charge in [0.1, 0.15) is 5.82 Å². The van der Waals surface area contributed by atoms with Crippen LogP contribution in [0.3, 0.4) is 0 Å². The van der Waals surface area contributed by atoms with E-state index < -0.39 is 0 Å². The molecule has 0 aromatic carbocycles. The molecule has 2 aliphatic heterocycles. The van der Waals surface area contributed by atoms with Crippen LogP contribution in [0.2, 0.25) is 0 Å². The van der Waals surface area contributed by atoms with Crippen molar-refractivity contribution in [3.8, 4) is 0 Å². The predicted molar refractivity (Wildman–Crippen MR) is 75.9 cm³/mol. The van der Waals surface area contributed by atoms with Gasteiger partial charge in [0.05, 0.1) is 6.04 Å². The quantitative estimate of drug-likeness (QED) is 0.884. The smallest absolute Gasteiger partial charge is 0.157 e. The SMILES string of the molecule is Cc1nnc2n1C(C(C)C)C(CN1CCNCC1)=C2. The first-order chi connectivity index (χ1) is 9.16. The van der Waals surface area contributed by atoms with Crippen molar-refractivity contribution in [1.29, 1.82) is 0 Å². The summed E-state index contributed by atoms with van der Waals surface area (Å²) < 4.78 is 2.29. The number of rotatable bonds is 3. The van der Waals surface area contributed by atoms with E-state index in [1.807, 2.05) is 6.92 Å². The summed E-state index contributed by atoms with van der Waals surface area (Å²) in [5.74, 6) is 2.63. The maximum atomic E-state index is 4.28. The van der Waals surface area contributed by atoms with Crippen molar-refractivity contribution < 1.29 is 0 Å². The van der Waals surface area contributed by atoms with E-state index in [0.717, 1.165) is 44.4 Å². The van der Waals surface area contributed by atoms with E-state index in [1.54, 1.807) is 0 Å². The Morgan fingerprint density at radius 1 is 1.32 bits per heavy atom. The van der Waals surface area contributed by atoms with E-state index in [1.165, 1.54) is 5.57 Å². The van der Waals surface area contributed by atoms with Crippen molar-refractivity contribution in [3.05, 3.63) is 17.2 Å². The maximum Gasteiger partial charge on any atom is 0.157 e. The number of hydrogen-bond acceptors (Lipinski definition) is 4. The van der Waals surface area contributed by atoms with Crippen LogP contribution in [0.4, 0.5) is 0 Å². The highest BCUT2D eigenvalue weighted by atomic mass is 15.3. The molecule has 5 nitrogen and oxygen atoms in total. The second-order valence-corrected chi connectivity index (χ2v) is 5.91. The van der Waals surface area contributed by atoms with E-state index >= 15 is 0 Å². The third-order valence-electron chi connectivity index (χ3n) is 4.11. The van der Waals surface area contributed by atoms with Gasteiger partial charge in [0, 0.05) is 32.7 Å². The molecule has 3 rings (SSSR count). The van der Waals surface area contributed by atoms with Crippen LogP contribution in [-0.4, -0.2) is 52.4 Å². The minimum atomic E-state index is 0.430. The molecule has 3 heterocycles. The van der Waals surface area contributed by atoms with Crippen LogP contribution in [0, 0.1) is 12.8 Å². The Morgan fingerprint density at radius 2 is 2.05 bits per heavy atom.